The standard InChI is InChI=1S/C14H22N4O3S.HI/c1-3-15-14(18-12-5-7-22(19,20)10-12)17-9-11-4-6-16-13(8-11)21-2;/h4,6,8,12H,3,5,7,9-10H2,1-2H3,(H2,15,17,18);1H. The first kappa shape index (κ1) is 19.9. The Hall–Kier alpha value is -1.10. The first-order chi connectivity index (χ1) is 10.5. The second-order valence-corrected chi connectivity index (χ2v) is 7.37. The van der Waals surface area contributed by atoms with Crippen LogP contribution in [0.25, 0.3) is 0 Å². The Balaban J connectivity index is 0.00000264. The quantitative estimate of drug-likeness (QED) is 0.391. The monoisotopic (exact) mass is 454 g/mol. The van der Waals surface area contributed by atoms with Crippen molar-refractivity contribution in [3.05, 3.63) is 23.9 Å². The molecule has 1 atom stereocenters. The Morgan fingerprint density at radius 1 is 1.52 bits per heavy atom. The van der Waals surface area contributed by atoms with Crippen LogP contribution in [0.2, 0.25) is 0 Å². The van der Waals surface area contributed by atoms with Gasteiger partial charge in [-0.05, 0) is 25.0 Å². The molecule has 9 heteroatoms. The average molecular weight is 454 g/mol. The summed E-state index contributed by atoms with van der Waals surface area (Å²) in [5.74, 6) is 1.58. The third kappa shape index (κ3) is 6.50. The maximum Gasteiger partial charge on any atom is 0.213 e. The van der Waals surface area contributed by atoms with Crippen molar-refractivity contribution in [3.8, 4) is 5.88 Å². The maximum absolute atomic E-state index is 11.5. The first-order valence-electron chi connectivity index (χ1n) is 7.26. The Kier molecular flexibility index (Phi) is 8.03. The van der Waals surface area contributed by atoms with Crippen molar-refractivity contribution < 1.29 is 13.2 Å². The van der Waals surface area contributed by atoms with Crippen LogP contribution >= 0.6 is 24.0 Å². The summed E-state index contributed by atoms with van der Waals surface area (Å²) in [7, 11) is -1.33. The van der Waals surface area contributed by atoms with Gasteiger partial charge in [-0.15, -0.1) is 24.0 Å². The molecule has 23 heavy (non-hydrogen) atoms. The van der Waals surface area contributed by atoms with Gasteiger partial charge in [-0.1, -0.05) is 0 Å². The molecule has 0 radical (unpaired) electrons. The Morgan fingerprint density at radius 2 is 2.30 bits per heavy atom. The maximum atomic E-state index is 11.5. The number of hydrogen-bond donors (Lipinski definition) is 2. The van der Waals surface area contributed by atoms with Crippen LogP contribution in [-0.4, -0.2) is 50.6 Å². The van der Waals surface area contributed by atoms with Crippen LogP contribution in [0.3, 0.4) is 0 Å². The van der Waals surface area contributed by atoms with E-state index in [4.69, 9.17) is 4.74 Å². The lowest BCUT2D eigenvalue weighted by atomic mass is 10.2. The molecule has 0 amide bonds. The minimum absolute atomic E-state index is 0. The average Bonchev–Trinajstić information content (AvgIpc) is 2.84. The molecule has 7 nitrogen and oxygen atoms in total. The number of nitrogens with zero attached hydrogens (tertiary/aromatic N) is 2. The summed E-state index contributed by atoms with van der Waals surface area (Å²) >= 11 is 0. The highest BCUT2D eigenvalue weighted by atomic mass is 127. The zero-order chi connectivity index (χ0) is 16.0. The van der Waals surface area contributed by atoms with Gasteiger partial charge in [0.15, 0.2) is 15.8 Å². The largest absolute Gasteiger partial charge is 0.481 e. The first-order valence-corrected chi connectivity index (χ1v) is 9.08. The van der Waals surface area contributed by atoms with Crippen LogP contribution in [0, 0.1) is 0 Å². The molecular weight excluding hydrogens is 431 g/mol. The number of hydrogen-bond acceptors (Lipinski definition) is 5. The van der Waals surface area contributed by atoms with Gasteiger partial charge in [-0.2, -0.15) is 0 Å². The molecule has 2 rings (SSSR count). The number of halogens is 1. The fourth-order valence-electron chi connectivity index (χ4n) is 2.25. The van der Waals surface area contributed by atoms with Crippen molar-refractivity contribution in [1.82, 2.24) is 15.6 Å². The van der Waals surface area contributed by atoms with Crippen LogP contribution < -0.4 is 15.4 Å². The highest BCUT2D eigenvalue weighted by Crippen LogP contribution is 2.12. The van der Waals surface area contributed by atoms with Gasteiger partial charge in [-0.25, -0.2) is 18.4 Å². The molecule has 1 fully saturated rings. The number of guanidine groups is 1. The summed E-state index contributed by atoms with van der Waals surface area (Å²) in [6.45, 7) is 3.15. The Bertz CT molecular complexity index is 637. The lowest BCUT2D eigenvalue weighted by Gasteiger charge is -2.15. The zero-order valence-corrected chi connectivity index (χ0v) is 16.4. The molecule has 2 heterocycles. The minimum Gasteiger partial charge on any atom is -0.481 e. The molecule has 1 unspecified atom stereocenters. The summed E-state index contributed by atoms with van der Waals surface area (Å²) in [4.78, 5) is 8.54. The van der Waals surface area contributed by atoms with E-state index in [2.05, 4.69) is 20.6 Å². The lowest BCUT2D eigenvalue weighted by molar-refractivity contribution is 0.397. The number of nitrogens with one attached hydrogen (secondary N) is 2. The molecule has 0 spiro atoms. The lowest BCUT2D eigenvalue weighted by Crippen LogP contribution is -2.44. The molecule has 0 aromatic carbocycles. The van der Waals surface area contributed by atoms with Gasteiger partial charge in [-0.3, -0.25) is 0 Å². The summed E-state index contributed by atoms with van der Waals surface area (Å²) in [6.07, 6.45) is 2.30. The van der Waals surface area contributed by atoms with E-state index in [1.165, 1.54) is 0 Å². The topological polar surface area (TPSA) is 92.7 Å². The van der Waals surface area contributed by atoms with Gasteiger partial charge < -0.3 is 15.4 Å². The number of aromatic nitrogens is 1. The zero-order valence-electron chi connectivity index (χ0n) is 13.3. The predicted molar refractivity (Wildman–Crippen MR) is 101 cm³/mol. The van der Waals surface area contributed by atoms with Crippen molar-refractivity contribution in [2.75, 3.05) is 25.2 Å². The Labute approximate surface area is 154 Å². The van der Waals surface area contributed by atoms with Crippen molar-refractivity contribution >= 4 is 39.8 Å². The van der Waals surface area contributed by atoms with E-state index in [9.17, 15) is 8.42 Å². The molecule has 1 aliphatic rings. The van der Waals surface area contributed by atoms with Crippen LogP contribution in [0.5, 0.6) is 5.88 Å². The molecular formula is C14H23IN4O3S. The predicted octanol–water partition coefficient (Wildman–Crippen LogP) is 0.950. The van der Waals surface area contributed by atoms with E-state index in [-0.39, 0.29) is 41.5 Å². The molecule has 1 aromatic heterocycles. The summed E-state index contributed by atoms with van der Waals surface area (Å²) in [5, 5.41) is 6.32. The number of sulfone groups is 1. The van der Waals surface area contributed by atoms with E-state index in [0.29, 0.717) is 31.3 Å². The van der Waals surface area contributed by atoms with Gasteiger partial charge in [0.2, 0.25) is 5.88 Å². The van der Waals surface area contributed by atoms with Gasteiger partial charge in [0.05, 0.1) is 25.2 Å². The Morgan fingerprint density at radius 3 is 2.91 bits per heavy atom. The molecule has 1 aliphatic heterocycles. The molecule has 130 valence electrons. The van der Waals surface area contributed by atoms with Gasteiger partial charge in [0.25, 0.3) is 0 Å². The van der Waals surface area contributed by atoms with Gasteiger partial charge in [0, 0.05) is 24.8 Å². The van der Waals surface area contributed by atoms with Crippen LogP contribution in [0.15, 0.2) is 23.3 Å². The van der Waals surface area contributed by atoms with E-state index in [1.54, 1.807) is 13.3 Å². The van der Waals surface area contributed by atoms with Crippen LogP contribution in [-0.2, 0) is 16.4 Å². The fourth-order valence-corrected chi connectivity index (χ4v) is 3.93. The summed E-state index contributed by atoms with van der Waals surface area (Å²) < 4.78 is 28.1. The van der Waals surface area contributed by atoms with Crippen LogP contribution in [0.1, 0.15) is 18.9 Å². The number of methoxy groups -OCH3 is 1. The molecule has 1 saturated heterocycles. The second kappa shape index (κ2) is 9.26. The molecule has 0 bridgehead atoms. The van der Waals surface area contributed by atoms with Gasteiger partial charge in [0.1, 0.15) is 0 Å². The SMILES string of the molecule is CCNC(=NCc1ccnc(OC)c1)NC1CCS(=O)(=O)C1.I. The molecule has 2 N–H and O–H groups in total. The van der Waals surface area contributed by atoms with Crippen molar-refractivity contribution in [2.45, 2.75) is 25.9 Å². The number of rotatable bonds is 5. The molecule has 1 aromatic rings. The number of aliphatic imine (C=N–C) groups is 1. The van der Waals surface area contributed by atoms with Crippen LogP contribution in [0.4, 0.5) is 0 Å². The number of ether oxygens (including phenoxy) is 1. The number of pyridine rings is 1. The van der Waals surface area contributed by atoms with Crippen molar-refractivity contribution in [1.29, 1.82) is 0 Å². The second-order valence-electron chi connectivity index (χ2n) is 5.15. The van der Waals surface area contributed by atoms with E-state index < -0.39 is 9.84 Å². The summed E-state index contributed by atoms with van der Waals surface area (Å²) in [5.41, 5.74) is 0.975. The van der Waals surface area contributed by atoms with E-state index >= 15 is 0 Å². The van der Waals surface area contributed by atoms with E-state index in [1.807, 2.05) is 19.1 Å². The van der Waals surface area contributed by atoms with E-state index in [0.717, 1.165) is 5.56 Å². The molecule has 0 aliphatic carbocycles. The normalized spacial score (nSPS) is 19.7. The van der Waals surface area contributed by atoms with Gasteiger partial charge >= 0.3 is 0 Å². The third-order valence-corrected chi connectivity index (χ3v) is 5.11. The smallest absolute Gasteiger partial charge is 0.213 e. The highest BCUT2D eigenvalue weighted by Gasteiger charge is 2.28. The summed E-state index contributed by atoms with van der Waals surface area (Å²) in [6, 6.07) is 3.62. The third-order valence-electron chi connectivity index (χ3n) is 3.35. The van der Waals surface area contributed by atoms with Crippen molar-refractivity contribution in [3.63, 3.8) is 0 Å². The van der Waals surface area contributed by atoms with Crippen molar-refractivity contribution in [2.24, 2.45) is 4.99 Å². The fraction of sp³-hybridized carbons (Fsp3) is 0.571. The highest BCUT2D eigenvalue weighted by molar-refractivity contribution is 14.0. The minimum atomic E-state index is -2.90. The molecule has 0 saturated carbocycles.